The highest BCUT2D eigenvalue weighted by molar-refractivity contribution is 6.03. The van der Waals surface area contributed by atoms with Gasteiger partial charge in [0.25, 0.3) is 0 Å². The van der Waals surface area contributed by atoms with Gasteiger partial charge in [-0.15, -0.1) is 0 Å². The fourth-order valence-electron chi connectivity index (χ4n) is 7.24. The Hall–Kier alpha value is -4.62. The number of hydrogen-bond donors (Lipinski definition) is 0. The van der Waals surface area contributed by atoms with Gasteiger partial charge >= 0.3 is 0 Å². The Balaban J connectivity index is 1.38. The maximum absolute atomic E-state index is 6.67. The van der Waals surface area contributed by atoms with Gasteiger partial charge in [0.1, 0.15) is 11.5 Å². The first-order valence-corrected chi connectivity index (χ1v) is 14.1. The molecule has 0 fully saturated rings. The van der Waals surface area contributed by atoms with Crippen LogP contribution in [0.2, 0.25) is 0 Å². The Morgan fingerprint density at radius 2 is 1.27 bits per heavy atom. The van der Waals surface area contributed by atoms with Crippen molar-refractivity contribution in [1.29, 1.82) is 0 Å². The van der Waals surface area contributed by atoms with Crippen molar-refractivity contribution in [3.63, 3.8) is 0 Å². The number of rotatable bonds is 2. The van der Waals surface area contributed by atoms with Gasteiger partial charge < -0.3 is 4.74 Å². The number of ether oxygens (including phenoxy) is 1. The second kappa shape index (κ2) is 8.19. The summed E-state index contributed by atoms with van der Waals surface area (Å²) in [5.74, 6) is 1.91. The monoisotopic (exact) mass is 514 g/mol. The molecule has 0 saturated carbocycles. The van der Waals surface area contributed by atoms with Crippen molar-refractivity contribution in [3.8, 4) is 33.8 Å². The Morgan fingerprint density at radius 3 is 2.15 bits per heavy atom. The molecule has 0 amide bonds. The minimum Gasteiger partial charge on any atom is -0.456 e. The molecule has 1 nitrogen and oxygen atoms in total. The molecule has 1 aliphatic carbocycles. The molecule has 1 atom stereocenters. The molecule has 1 unspecified atom stereocenters. The molecular weight excluding hydrogens is 484 g/mol. The topological polar surface area (TPSA) is 9.23 Å². The summed E-state index contributed by atoms with van der Waals surface area (Å²) in [6.07, 6.45) is 0. The zero-order chi connectivity index (χ0) is 27.1. The largest absolute Gasteiger partial charge is 0.456 e. The van der Waals surface area contributed by atoms with Crippen LogP contribution in [0.15, 0.2) is 127 Å². The van der Waals surface area contributed by atoms with Crippen LogP contribution in [0.1, 0.15) is 48.6 Å². The number of benzene rings is 6. The maximum Gasteiger partial charge on any atom is 0.139 e. The maximum atomic E-state index is 6.67. The minimum absolute atomic E-state index is 0.148. The van der Waals surface area contributed by atoms with Crippen molar-refractivity contribution in [2.45, 2.75) is 31.6 Å². The van der Waals surface area contributed by atoms with E-state index >= 15 is 0 Å². The number of para-hydroxylation sites is 2. The van der Waals surface area contributed by atoms with Crippen LogP contribution in [0.25, 0.3) is 33.0 Å². The molecule has 6 aromatic rings. The van der Waals surface area contributed by atoms with Gasteiger partial charge in [-0.05, 0) is 63.2 Å². The molecule has 1 heteroatoms. The van der Waals surface area contributed by atoms with Crippen LogP contribution < -0.4 is 4.74 Å². The third kappa shape index (κ3) is 3.04. The van der Waals surface area contributed by atoms with Gasteiger partial charge in [0, 0.05) is 27.5 Å². The summed E-state index contributed by atoms with van der Waals surface area (Å²) in [7, 11) is 0. The predicted octanol–water partition coefficient (Wildman–Crippen LogP) is 10.3. The zero-order valence-corrected chi connectivity index (χ0v) is 23.0. The lowest BCUT2D eigenvalue weighted by atomic mass is 9.73. The first-order valence-electron chi connectivity index (χ1n) is 14.1. The Labute approximate surface area is 235 Å². The Bertz CT molecular complexity index is 1960. The van der Waals surface area contributed by atoms with Gasteiger partial charge in [-0.1, -0.05) is 129 Å². The summed E-state index contributed by atoms with van der Waals surface area (Å²) in [6.45, 7) is 6.99. The van der Waals surface area contributed by atoms with Crippen molar-refractivity contribution in [2.24, 2.45) is 0 Å². The van der Waals surface area contributed by atoms with Crippen LogP contribution in [-0.2, 0) is 10.8 Å². The van der Waals surface area contributed by atoms with Crippen molar-refractivity contribution >= 4 is 10.8 Å². The second-order valence-corrected chi connectivity index (χ2v) is 11.9. The van der Waals surface area contributed by atoms with E-state index in [1.165, 1.54) is 55.3 Å². The fourth-order valence-corrected chi connectivity index (χ4v) is 7.24. The lowest BCUT2D eigenvalue weighted by Crippen LogP contribution is -2.24. The van der Waals surface area contributed by atoms with Crippen LogP contribution in [0, 0.1) is 0 Å². The van der Waals surface area contributed by atoms with Crippen molar-refractivity contribution < 1.29 is 4.74 Å². The smallest absolute Gasteiger partial charge is 0.139 e. The molecule has 0 saturated heterocycles. The molecule has 0 radical (unpaired) electrons. The average molecular weight is 515 g/mol. The van der Waals surface area contributed by atoms with Crippen LogP contribution in [0.4, 0.5) is 0 Å². The summed E-state index contributed by atoms with van der Waals surface area (Å²) >= 11 is 0. The highest BCUT2D eigenvalue weighted by Gasteiger charge is 2.42. The van der Waals surface area contributed by atoms with Gasteiger partial charge in [-0.3, -0.25) is 0 Å². The second-order valence-electron chi connectivity index (χ2n) is 11.9. The van der Waals surface area contributed by atoms with E-state index in [-0.39, 0.29) is 10.8 Å². The Morgan fingerprint density at radius 1 is 0.525 bits per heavy atom. The standard InChI is InChI=1S/C39H30O/c1-38(2)31-17-9-10-19-35(31)40-37-29(16-11-18-33(37)38)26-20-22-30-34(24-26)39(3,27-13-5-4-6-14-27)32-23-21-25-12-7-8-15-28(25)36(30)32/h4-24H,1-3H3. The van der Waals surface area contributed by atoms with Crippen LogP contribution in [0.3, 0.4) is 0 Å². The summed E-state index contributed by atoms with van der Waals surface area (Å²) < 4.78 is 6.67. The normalized spacial score (nSPS) is 17.9. The van der Waals surface area contributed by atoms with E-state index in [1.54, 1.807) is 0 Å². The van der Waals surface area contributed by atoms with Crippen molar-refractivity contribution in [3.05, 3.63) is 155 Å². The molecule has 2 aliphatic rings. The lowest BCUT2D eigenvalue weighted by Gasteiger charge is -2.35. The molecule has 0 N–H and O–H groups in total. The molecule has 1 heterocycles. The molecular formula is C39H30O. The lowest BCUT2D eigenvalue weighted by molar-refractivity contribution is 0.419. The molecule has 0 aromatic heterocycles. The van der Waals surface area contributed by atoms with Gasteiger partial charge in [-0.25, -0.2) is 0 Å². The van der Waals surface area contributed by atoms with E-state index in [9.17, 15) is 0 Å². The third-order valence-electron chi connectivity index (χ3n) is 9.42. The van der Waals surface area contributed by atoms with E-state index < -0.39 is 0 Å². The molecule has 40 heavy (non-hydrogen) atoms. The molecule has 0 bridgehead atoms. The number of hydrogen-bond acceptors (Lipinski definition) is 1. The van der Waals surface area contributed by atoms with E-state index in [1.807, 2.05) is 0 Å². The summed E-state index contributed by atoms with van der Waals surface area (Å²) in [5, 5.41) is 2.59. The van der Waals surface area contributed by atoms with Crippen LogP contribution >= 0.6 is 0 Å². The zero-order valence-electron chi connectivity index (χ0n) is 23.0. The highest BCUT2D eigenvalue weighted by atomic mass is 16.5. The highest BCUT2D eigenvalue weighted by Crippen LogP contribution is 2.56. The van der Waals surface area contributed by atoms with Gasteiger partial charge in [0.05, 0.1) is 0 Å². The first kappa shape index (κ1) is 23.3. The van der Waals surface area contributed by atoms with Crippen molar-refractivity contribution in [1.82, 2.24) is 0 Å². The third-order valence-corrected chi connectivity index (χ3v) is 9.42. The van der Waals surface area contributed by atoms with Gasteiger partial charge in [-0.2, -0.15) is 0 Å². The summed E-state index contributed by atoms with van der Waals surface area (Å²) in [5.41, 5.74) is 11.1. The fraction of sp³-hybridized carbons (Fsp3) is 0.128. The quantitative estimate of drug-likeness (QED) is 0.223. The van der Waals surface area contributed by atoms with E-state index in [2.05, 4.69) is 148 Å². The SMILES string of the molecule is CC1(C)c2ccccc2Oc2c(-c3ccc4c(c3)C(C)(c3ccccc3)c3ccc5ccccc5c3-4)cccc21. The summed E-state index contributed by atoms with van der Waals surface area (Å²) in [6, 6.07) is 46.4. The molecule has 6 aromatic carbocycles. The minimum atomic E-state index is -0.270. The van der Waals surface area contributed by atoms with E-state index in [0.717, 1.165) is 17.1 Å². The molecule has 8 rings (SSSR count). The predicted molar refractivity (Wildman–Crippen MR) is 165 cm³/mol. The van der Waals surface area contributed by atoms with E-state index in [4.69, 9.17) is 4.74 Å². The Kier molecular flexibility index (Phi) is 4.77. The number of fused-ring (bicyclic) bond motifs is 7. The van der Waals surface area contributed by atoms with Crippen LogP contribution in [0.5, 0.6) is 11.5 Å². The molecule has 192 valence electrons. The van der Waals surface area contributed by atoms with E-state index in [0.29, 0.717) is 0 Å². The van der Waals surface area contributed by atoms with Crippen molar-refractivity contribution in [2.75, 3.05) is 0 Å². The average Bonchev–Trinajstić information content (AvgIpc) is 3.26. The molecule has 0 spiro atoms. The summed E-state index contributed by atoms with van der Waals surface area (Å²) in [4.78, 5) is 0. The van der Waals surface area contributed by atoms with Crippen LogP contribution in [-0.4, -0.2) is 0 Å². The molecule has 1 aliphatic heterocycles. The first-order chi connectivity index (χ1) is 19.5. The van der Waals surface area contributed by atoms with Gasteiger partial charge in [0.15, 0.2) is 0 Å². The van der Waals surface area contributed by atoms with Gasteiger partial charge in [0.2, 0.25) is 0 Å².